The van der Waals surface area contributed by atoms with Crippen LogP contribution in [0.15, 0.2) is 6.07 Å². The van der Waals surface area contributed by atoms with Crippen molar-refractivity contribution in [1.29, 1.82) is 0 Å². The van der Waals surface area contributed by atoms with E-state index in [1.807, 2.05) is 0 Å². The minimum atomic E-state index is -3.07. The molecule has 0 N–H and O–H groups in total. The van der Waals surface area contributed by atoms with Crippen molar-refractivity contribution in [3.8, 4) is 0 Å². The molecule has 1 heterocycles. The molecule has 76 valence electrons. The topological polar surface area (TPSA) is 30.0 Å². The molecular formula is C7H2Cl2F3NO. The van der Waals surface area contributed by atoms with Crippen molar-refractivity contribution in [2.45, 2.75) is 6.43 Å². The van der Waals surface area contributed by atoms with Gasteiger partial charge in [-0.15, -0.1) is 0 Å². The van der Waals surface area contributed by atoms with E-state index >= 15 is 0 Å². The highest BCUT2D eigenvalue weighted by atomic mass is 35.5. The summed E-state index contributed by atoms with van der Waals surface area (Å²) < 4.78 is 37.0. The Balaban J connectivity index is 3.34. The number of carbonyl (C=O) groups excluding carboxylic acids is 1. The maximum absolute atomic E-state index is 12.7. The number of hydrogen-bond donors (Lipinski definition) is 0. The zero-order chi connectivity index (χ0) is 10.9. The molecule has 1 rings (SSSR count). The van der Waals surface area contributed by atoms with Crippen molar-refractivity contribution in [2.75, 3.05) is 0 Å². The second-order valence-electron chi connectivity index (χ2n) is 2.28. The lowest BCUT2D eigenvalue weighted by Gasteiger charge is -2.03. The molecule has 0 bridgehead atoms. The molecule has 0 saturated carbocycles. The Labute approximate surface area is 86.6 Å². The number of hydrogen-bond acceptors (Lipinski definition) is 2. The average molecular weight is 244 g/mol. The van der Waals surface area contributed by atoms with Crippen LogP contribution in [0.2, 0.25) is 5.15 Å². The third kappa shape index (κ3) is 2.16. The molecule has 0 aliphatic carbocycles. The molecule has 0 aromatic carbocycles. The zero-order valence-electron chi connectivity index (χ0n) is 6.40. The van der Waals surface area contributed by atoms with Gasteiger partial charge in [0.05, 0.1) is 11.1 Å². The lowest BCUT2D eigenvalue weighted by atomic mass is 10.2. The molecule has 1 aromatic heterocycles. The van der Waals surface area contributed by atoms with Crippen LogP contribution in [-0.4, -0.2) is 10.2 Å². The van der Waals surface area contributed by atoms with E-state index < -0.39 is 33.9 Å². The smallest absolute Gasteiger partial charge is 0.268 e. The van der Waals surface area contributed by atoms with Gasteiger partial charge in [0.15, 0.2) is 0 Å². The van der Waals surface area contributed by atoms with Crippen LogP contribution in [0, 0.1) is 5.95 Å². The van der Waals surface area contributed by atoms with Gasteiger partial charge in [0, 0.05) is 0 Å². The van der Waals surface area contributed by atoms with E-state index in [1.165, 1.54) is 0 Å². The fraction of sp³-hybridized carbons (Fsp3) is 0.143. The quantitative estimate of drug-likeness (QED) is 0.590. The molecule has 7 heteroatoms. The standard InChI is InChI=1S/C7H2Cl2F3NO/c8-4-2(5(9)14)1-3(6(10)11)7(12)13-4/h1,6H. The van der Waals surface area contributed by atoms with Crippen LogP contribution >= 0.6 is 23.2 Å². The van der Waals surface area contributed by atoms with Gasteiger partial charge in [-0.2, -0.15) is 4.39 Å². The predicted octanol–water partition coefficient (Wildman–Crippen LogP) is 3.19. The maximum atomic E-state index is 12.7. The number of pyridine rings is 1. The Bertz CT molecular complexity index is 383. The first-order valence-corrected chi connectivity index (χ1v) is 4.03. The van der Waals surface area contributed by atoms with Gasteiger partial charge in [-0.05, 0) is 17.7 Å². The van der Waals surface area contributed by atoms with Crippen LogP contribution in [0.25, 0.3) is 0 Å². The summed E-state index contributed by atoms with van der Waals surface area (Å²) in [4.78, 5) is 13.6. The van der Waals surface area contributed by atoms with E-state index in [0.29, 0.717) is 6.07 Å². The van der Waals surface area contributed by atoms with Gasteiger partial charge >= 0.3 is 0 Å². The van der Waals surface area contributed by atoms with Crippen molar-refractivity contribution >= 4 is 28.4 Å². The van der Waals surface area contributed by atoms with Gasteiger partial charge in [0.2, 0.25) is 5.95 Å². The summed E-state index contributed by atoms with van der Waals surface area (Å²) in [5.74, 6) is -1.41. The SMILES string of the molecule is O=C(Cl)c1cc(C(F)F)c(F)nc1Cl. The van der Waals surface area contributed by atoms with Crippen LogP contribution < -0.4 is 0 Å². The summed E-state index contributed by atoms with van der Waals surface area (Å²) in [5.41, 5.74) is -1.44. The van der Waals surface area contributed by atoms with Crippen LogP contribution in [0.1, 0.15) is 22.3 Å². The van der Waals surface area contributed by atoms with Crippen LogP contribution in [0.5, 0.6) is 0 Å². The van der Waals surface area contributed by atoms with Crippen LogP contribution in [0.4, 0.5) is 13.2 Å². The first kappa shape index (κ1) is 11.3. The molecule has 0 spiro atoms. The summed E-state index contributed by atoms with van der Waals surface area (Å²) in [6.45, 7) is 0. The molecule has 0 radical (unpaired) electrons. The zero-order valence-corrected chi connectivity index (χ0v) is 7.91. The monoisotopic (exact) mass is 243 g/mol. The molecule has 0 unspecified atom stereocenters. The highest BCUT2D eigenvalue weighted by Gasteiger charge is 2.20. The fourth-order valence-electron chi connectivity index (χ4n) is 0.776. The van der Waals surface area contributed by atoms with Gasteiger partial charge in [0.1, 0.15) is 5.15 Å². The molecule has 0 aliphatic rings. The molecular weight excluding hydrogens is 242 g/mol. The number of aromatic nitrogens is 1. The molecule has 0 amide bonds. The van der Waals surface area contributed by atoms with Crippen molar-refractivity contribution in [2.24, 2.45) is 0 Å². The third-order valence-electron chi connectivity index (χ3n) is 1.40. The van der Waals surface area contributed by atoms with E-state index in [1.54, 1.807) is 0 Å². The van der Waals surface area contributed by atoms with Crippen molar-refractivity contribution in [3.63, 3.8) is 0 Å². The molecule has 0 atom stereocenters. The highest BCUT2D eigenvalue weighted by molar-refractivity contribution is 6.68. The van der Waals surface area contributed by atoms with E-state index in [9.17, 15) is 18.0 Å². The number of halogens is 5. The number of alkyl halides is 2. The molecule has 14 heavy (non-hydrogen) atoms. The molecule has 2 nitrogen and oxygen atoms in total. The second kappa shape index (κ2) is 4.14. The maximum Gasteiger partial charge on any atom is 0.268 e. The van der Waals surface area contributed by atoms with Gasteiger partial charge in [0.25, 0.3) is 11.7 Å². The van der Waals surface area contributed by atoms with Gasteiger partial charge in [-0.1, -0.05) is 11.6 Å². The largest absolute Gasteiger partial charge is 0.275 e. The fourth-order valence-corrected chi connectivity index (χ4v) is 1.18. The summed E-state index contributed by atoms with van der Waals surface area (Å²) in [5, 5.41) is -1.60. The van der Waals surface area contributed by atoms with Gasteiger partial charge < -0.3 is 0 Å². The van der Waals surface area contributed by atoms with E-state index in [2.05, 4.69) is 4.98 Å². The van der Waals surface area contributed by atoms with Crippen molar-refractivity contribution in [3.05, 3.63) is 28.3 Å². The lowest BCUT2D eigenvalue weighted by molar-refractivity contribution is 0.108. The number of rotatable bonds is 2. The van der Waals surface area contributed by atoms with E-state index in [0.717, 1.165) is 0 Å². The van der Waals surface area contributed by atoms with E-state index in [4.69, 9.17) is 23.2 Å². The minimum Gasteiger partial charge on any atom is -0.275 e. The first-order chi connectivity index (χ1) is 6.43. The Hall–Kier alpha value is -0.810. The van der Waals surface area contributed by atoms with Gasteiger partial charge in [-0.25, -0.2) is 13.8 Å². The van der Waals surface area contributed by atoms with Crippen molar-refractivity contribution in [1.82, 2.24) is 4.98 Å². The number of nitrogens with zero attached hydrogens (tertiary/aromatic N) is 1. The van der Waals surface area contributed by atoms with Gasteiger partial charge in [-0.3, -0.25) is 4.79 Å². The molecule has 0 aliphatic heterocycles. The summed E-state index contributed by atoms with van der Waals surface area (Å²) in [6, 6.07) is 0.588. The number of carbonyl (C=O) groups is 1. The minimum absolute atomic E-state index is 0.440. The molecule has 0 saturated heterocycles. The first-order valence-electron chi connectivity index (χ1n) is 3.27. The Morgan fingerprint density at radius 1 is 1.50 bits per heavy atom. The van der Waals surface area contributed by atoms with Crippen molar-refractivity contribution < 1.29 is 18.0 Å². The Morgan fingerprint density at radius 2 is 2.07 bits per heavy atom. The summed E-state index contributed by atoms with van der Waals surface area (Å²) in [7, 11) is 0. The van der Waals surface area contributed by atoms with Crippen LogP contribution in [0.3, 0.4) is 0 Å². The van der Waals surface area contributed by atoms with Crippen LogP contribution in [-0.2, 0) is 0 Å². The normalized spacial score (nSPS) is 10.7. The lowest BCUT2D eigenvalue weighted by Crippen LogP contribution is -2.01. The summed E-state index contributed by atoms with van der Waals surface area (Å²) in [6.07, 6.45) is -3.07. The summed E-state index contributed by atoms with van der Waals surface area (Å²) >= 11 is 10.3. The average Bonchev–Trinajstić information content (AvgIpc) is 2.02. The Kier molecular flexibility index (Phi) is 3.34. The third-order valence-corrected chi connectivity index (χ3v) is 1.90. The Morgan fingerprint density at radius 3 is 2.50 bits per heavy atom. The molecule has 0 fully saturated rings. The highest BCUT2D eigenvalue weighted by Crippen LogP contribution is 2.26. The second-order valence-corrected chi connectivity index (χ2v) is 2.98. The molecule has 1 aromatic rings. The predicted molar refractivity (Wildman–Crippen MR) is 44.3 cm³/mol. The van der Waals surface area contributed by atoms with E-state index in [-0.39, 0.29) is 0 Å².